The summed E-state index contributed by atoms with van der Waals surface area (Å²) in [5, 5.41) is 9.37. The molecule has 0 saturated carbocycles. The van der Waals surface area contributed by atoms with Crippen LogP contribution in [-0.2, 0) is 39.4 Å². The standard InChI is InChI=1S/C34H42F6O5.C32H38F6O4/c1-7-31(8-2,28-16-17-29(25(5)22-28)44-20-12-10-11-13-30(41)43-9-3)27-15-14-26(24(4)21-27)18-19-32(33(35,36)37,34(38,39)40)45-23-42-6;1-6-29(7-2,26-15-16-27(23(5)21-26)42-19-11-9-10-12-28(39)41-8-3)25-14-13-24(22(4)20-25)17-18-30(40,31(33,34)35)32(36,37)38/h14-17,21-22H,7-13,20,23H2,1-6H3;13-16,20-21,40H,6-12,19H2,1-5H3. The van der Waals surface area contributed by atoms with Crippen molar-refractivity contribution >= 4 is 11.9 Å². The zero-order valence-corrected chi connectivity index (χ0v) is 51.2. The molecule has 0 radical (unpaired) electrons. The maximum atomic E-state index is 13.7. The number of rotatable bonds is 27. The molecule has 0 saturated heterocycles. The van der Waals surface area contributed by atoms with Crippen LogP contribution in [0.2, 0.25) is 0 Å². The lowest BCUT2D eigenvalue weighted by atomic mass is 9.70. The number of hydrogen-bond acceptors (Lipinski definition) is 9. The Morgan fingerprint density at radius 2 is 0.805 bits per heavy atom. The van der Waals surface area contributed by atoms with E-state index in [0.29, 0.717) is 76.1 Å². The topological polar surface area (TPSA) is 110 Å². The molecule has 87 heavy (non-hydrogen) atoms. The van der Waals surface area contributed by atoms with Gasteiger partial charge in [0.05, 0.1) is 26.4 Å². The van der Waals surface area contributed by atoms with E-state index in [9.17, 15) is 67.4 Å². The zero-order chi connectivity index (χ0) is 65.7. The molecule has 482 valence electrons. The molecular formula is C66H80F12O9. The lowest BCUT2D eigenvalue weighted by molar-refractivity contribution is -0.368. The Morgan fingerprint density at radius 3 is 1.10 bits per heavy atom. The third kappa shape index (κ3) is 19.0. The number of carbonyl (C=O) groups is 2. The van der Waals surface area contributed by atoms with Crippen LogP contribution in [0.5, 0.6) is 11.5 Å². The molecule has 4 aromatic carbocycles. The van der Waals surface area contributed by atoms with Gasteiger partial charge in [-0.25, -0.2) is 0 Å². The van der Waals surface area contributed by atoms with Crippen molar-refractivity contribution in [2.75, 3.05) is 40.3 Å². The molecule has 0 aliphatic carbocycles. The maximum absolute atomic E-state index is 13.7. The molecule has 0 bridgehead atoms. The predicted molar refractivity (Wildman–Crippen MR) is 307 cm³/mol. The summed E-state index contributed by atoms with van der Waals surface area (Å²) in [4.78, 5) is 22.9. The monoisotopic (exact) mass is 1240 g/mol. The largest absolute Gasteiger partial charge is 0.493 e. The highest BCUT2D eigenvalue weighted by Crippen LogP contribution is 2.47. The van der Waals surface area contributed by atoms with E-state index in [0.717, 1.165) is 96.4 Å². The smallest absolute Gasteiger partial charge is 0.438 e. The Morgan fingerprint density at radius 1 is 0.460 bits per heavy atom. The van der Waals surface area contributed by atoms with Crippen molar-refractivity contribution in [1.29, 1.82) is 0 Å². The van der Waals surface area contributed by atoms with E-state index in [-0.39, 0.29) is 23.1 Å². The normalized spacial score (nSPS) is 12.5. The number of benzene rings is 4. The second kappa shape index (κ2) is 32.7. The van der Waals surface area contributed by atoms with Crippen LogP contribution < -0.4 is 9.47 Å². The molecule has 0 spiro atoms. The van der Waals surface area contributed by atoms with Crippen molar-refractivity contribution < 1.29 is 95.8 Å². The van der Waals surface area contributed by atoms with Gasteiger partial charge < -0.3 is 33.5 Å². The number of methoxy groups -OCH3 is 1. The first-order chi connectivity index (χ1) is 40.7. The first-order valence-electron chi connectivity index (χ1n) is 28.9. The average molecular weight is 1250 g/mol. The van der Waals surface area contributed by atoms with Crippen molar-refractivity contribution in [3.63, 3.8) is 0 Å². The summed E-state index contributed by atoms with van der Waals surface area (Å²) in [5.74, 6) is 7.41. The van der Waals surface area contributed by atoms with Gasteiger partial charge in [-0.05, 0) is 186 Å². The molecule has 0 fully saturated rings. The molecule has 0 heterocycles. The number of alkyl halides is 12. The lowest BCUT2D eigenvalue weighted by Crippen LogP contribution is -2.58. The summed E-state index contributed by atoms with van der Waals surface area (Å²) in [7, 11) is 0.919. The second-order valence-electron chi connectivity index (χ2n) is 21.0. The summed E-state index contributed by atoms with van der Waals surface area (Å²) in [6.45, 7) is 19.1. The van der Waals surface area contributed by atoms with Gasteiger partial charge in [-0.1, -0.05) is 88.1 Å². The van der Waals surface area contributed by atoms with Crippen LogP contribution in [0.15, 0.2) is 72.8 Å². The number of halogens is 12. The third-order valence-electron chi connectivity index (χ3n) is 15.4. The van der Waals surface area contributed by atoms with Gasteiger partial charge in [-0.2, -0.15) is 52.7 Å². The highest BCUT2D eigenvalue weighted by Gasteiger charge is 2.73. The Kier molecular flexibility index (Phi) is 28.1. The van der Waals surface area contributed by atoms with Crippen molar-refractivity contribution in [2.24, 2.45) is 0 Å². The minimum absolute atomic E-state index is 0.0148. The molecule has 21 heteroatoms. The van der Waals surface area contributed by atoms with Gasteiger partial charge in [0.25, 0.3) is 0 Å². The fourth-order valence-electron chi connectivity index (χ4n) is 10.1. The molecule has 0 aliphatic heterocycles. The maximum Gasteiger partial charge on any atom is 0.438 e. The average Bonchev–Trinajstić information content (AvgIpc) is 0.884. The van der Waals surface area contributed by atoms with Gasteiger partial charge in [0.15, 0.2) is 0 Å². The molecule has 9 nitrogen and oxygen atoms in total. The van der Waals surface area contributed by atoms with E-state index in [1.54, 1.807) is 52.0 Å². The fourth-order valence-corrected chi connectivity index (χ4v) is 10.1. The summed E-state index contributed by atoms with van der Waals surface area (Å²) in [6, 6.07) is 21.5. The van der Waals surface area contributed by atoms with E-state index < -0.39 is 53.5 Å². The molecule has 4 rings (SSSR count). The highest BCUT2D eigenvalue weighted by molar-refractivity contribution is 5.69. The molecule has 4 aromatic rings. The minimum atomic E-state index is -6.01. The first-order valence-corrected chi connectivity index (χ1v) is 28.9. The SMILES string of the molecule is CCOC(=O)CCCCCOc1ccc(C(CC)(CC)c2ccc(C#CC(O)(C(F)(F)F)C(F)(F)F)c(C)c2)cc1C.CCOC(=O)CCCCCOc1ccc(C(CC)(CC)c2ccc(C#CC(OCOC)(C(F)(F)F)C(F)(F)F)c(C)c2)cc1C. The zero-order valence-electron chi connectivity index (χ0n) is 51.2. The third-order valence-corrected chi connectivity index (χ3v) is 15.4. The van der Waals surface area contributed by atoms with Crippen molar-refractivity contribution in [3.05, 3.63) is 128 Å². The Labute approximate surface area is 503 Å². The van der Waals surface area contributed by atoms with Crippen LogP contribution in [0.1, 0.15) is 174 Å². The molecule has 0 aliphatic rings. The molecule has 0 amide bonds. The summed E-state index contributed by atoms with van der Waals surface area (Å²) < 4.78 is 191. The van der Waals surface area contributed by atoms with Crippen LogP contribution in [-0.4, -0.2) is 93.3 Å². The second-order valence-corrected chi connectivity index (χ2v) is 21.0. The molecule has 0 unspecified atom stereocenters. The quantitative estimate of drug-likeness (QED) is 0.0205. The van der Waals surface area contributed by atoms with Crippen LogP contribution in [0.4, 0.5) is 52.7 Å². The van der Waals surface area contributed by atoms with Gasteiger partial charge in [0.1, 0.15) is 18.3 Å². The summed E-state index contributed by atoms with van der Waals surface area (Å²) in [5.41, 5.74) is -4.47. The number of esters is 2. The fraction of sp³-hybridized carbons (Fsp3) is 0.545. The van der Waals surface area contributed by atoms with E-state index >= 15 is 0 Å². The van der Waals surface area contributed by atoms with Gasteiger partial charge in [-0.15, -0.1) is 0 Å². The van der Waals surface area contributed by atoms with Crippen molar-refractivity contribution in [3.8, 4) is 35.2 Å². The van der Waals surface area contributed by atoms with Crippen LogP contribution in [0.3, 0.4) is 0 Å². The van der Waals surface area contributed by atoms with Gasteiger partial charge in [0, 0.05) is 41.9 Å². The van der Waals surface area contributed by atoms with E-state index in [1.165, 1.54) is 18.1 Å². The van der Waals surface area contributed by atoms with E-state index in [2.05, 4.69) is 15.4 Å². The number of carbonyl (C=O) groups excluding carboxylic acids is 2. The molecular weight excluding hydrogens is 1160 g/mol. The van der Waals surface area contributed by atoms with Gasteiger partial charge in [0.2, 0.25) is 0 Å². The van der Waals surface area contributed by atoms with Crippen molar-refractivity contribution in [2.45, 2.75) is 193 Å². The van der Waals surface area contributed by atoms with Crippen LogP contribution in [0, 0.1) is 51.4 Å². The van der Waals surface area contributed by atoms with Gasteiger partial charge >= 0.3 is 47.8 Å². The molecule has 0 atom stereocenters. The molecule has 1 N–H and O–H groups in total. The number of ether oxygens (including phenoxy) is 6. The van der Waals surface area contributed by atoms with Crippen LogP contribution >= 0.6 is 0 Å². The number of aliphatic hydroxyl groups is 1. The summed E-state index contributed by atoms with van der Waals surface area (Å²) in [6.07, 6.45) is -15.6. The van der Waals surface area contributed by atoms with Crippen molar-refractivity contribution in [1.82, 2.24) is 0 Å². The first kappa shape index (κ1) is 74.8. The van der Waals surface area contributed by atoms with E-state index in [4.69, 9.17) is 18.9 Å². The lowest BCUT2D eigenvalue weighted by Gasteiger charge is -2.34. The Hall–Kier alpha value is -6.42. The highest BCUT2D eigenvalue weighted by atomic mass is 19.4. The Bertz CT molecular complexity index is 2960. The van der Waals surface area contributed by atoms with Crippen LogP contribution in [0.25, 0.3) is 0 Å². The number of unbranched alkanes of at least 4 members (excludes halogenated alkanes) is 4. The number of aryl methyl sites for hydroxylation is 4. The van der Waals surface area contributed by atoms with Gasteiger partial charge in [-0.3, -0.25) is 9.59 Å². The predicted octanol–water partition coefficient (Wildman–Crippen LogP) is 16.9. The minimum Gasteiger partial charge on any atom is -0.493 e. The van der Waals surface area contributed by atoms with E-state index in [1.807, 2.05) is 83.9 Å². The number of hydrogen-bond donors (Lipinski definition) is 1. The summed E-state index contributed by atoms with van der Waals surface area (Å²) >= 11 is 0. The Balaban J connectivity index is 0.000000456. The molecule has 0 aromatic heterocycles.